The standard InChI is InChI=1S/C15H26N4O.ClH/c1-4-13-14(10-19(3)18-13)17-15(20)8-11(2)12-6-5-7-16-9-12;/h10-12,16H,4-9H2,1-3H3,(H,17,20);1H. The predicted octanol–water partition coefficient (Wildman–Crippen LogP) is 2.37. The van der Waals surface area contributed by atoms with Crippen LogP contribution < -0.4 is 10.6 Å². The number of rotatable bonds is 5. The van der Waals surface area contributed by atoms with Crippen LogP contribution in [0.1, 0.15) is 38.8 Å². The lowest BCUT2D eigenvalue weighted by Gasteiger charge is -2.27. The fourth-order valence-corrected chi connectivity index (χ4v) is 2.92. The molecule has 0 radical (unpaired) electrons. The second-order valence-electron chi connectivity index (χ2n) is 5.85. The molecule has 2 heterocycles. The Bertz CT molecular complexity index is 455. The number of carbonyl (C=O) groups excluding carboxylic acids is 1. The second kappa shape index (κ2) is 8.39. The van der Waals surface area contributed by atoms with Crippen LogP contribution in [0, 0.1) is 11.8 Å². The van der Waals surface area contributed by atoms with E-state index in [-0.39, 0.29) is 18.3 Å². The minimum absolute atomic E-state index is 0. The number of anilines is 1. The molecule has 2 rings (SSSR count). The Labute approximate surface area is 133 Å². The van der Waals surface area contributed by atoms with Gasteiger partial charge in [-0.1, -0.05) is 13.8 Å². The average molecular weight is 315 g/mol. The Morgan fingerprint density at radius 1 is 1.62 bits per heavy atom. The van der Waals surface area contributed by atoms with Crippen molar-refractivity contribution < 1.29 is 4.79 Å². The van der Waals surface area contributed by atoms with Crippen LogP contribution in [-0.4, -0.2) is 28.8 Å². The molecule has 1 amide bonds. The van der Waals surface area contributed by atoms with Gasteiger partial charge in [-0.25, -0.2) is 0 Å². The zero-order valence-electron chi connectivity index (χ0n) is 13.2. The molecule has 0 spiro atoms. The van der Waals surface area contributed by atoms with Gasteiger partial charge in [-0.15, -0.1) is 12.4 Å². The highest BCUT2D eigenvalue weighted by Gasteiger charge is 2.22. The summed E-state index contributed by atoms with van der Waals surface area (Å²) >= 11 is 0. The number of amides is 1. The Morgan fingerprint density at radius 3 is 3.00 bits per heavy atom. The third kappa shape index (κ3) is 5.00. The summed E-state index contributed by atoms with van der Waals surface area (Å²) in [5.74, 6) is 1.14. The Balaban J connectivity index is 0.00000220. The van der Waals surface area contributed by atoms with E-state index in [1.807, 2.05) is 20.2 Å². The summed E-state index contributed by atoms with van der Waals surface area (Å²) in [4.78, 5) is 12.2. The van der Waals surface area contributed by atoms with E-state index in [1.54, 1.807) is 4.68 Å². The van der Waals surface area contributed by atoms with E-state index in [1.165, 1.54) is 12.8 Å². The van der Waals surface area contributed by atoms with Crippen LogP contribution in [0.25, 0.3) is 0 Å². The SMILES string of the molecule is CCc1nn(C)cc1NC(=O)CC(C)C1CCCNC1.Cl. The van der Waals surface area contributed by atoms with Crippen molar-refractivity contribution in [2.24, 2.45) is 18.9 Å². The number of nitrogens with zero attached hydrogens (tertiary/aromatic N) is 2. The van der Waals surface area contributed by atoms with Crippen molar-refractivity contribution in [1.29, 1.82) is 0 Å². The van der Waals surface area contributed by atoms with Gasteiger partial charge in [-0.2, -0.15) is 5.10 Å². The summed E-state index contributed by atoms with van der Waals surface area (Å²) in [6.45, 7) is 6.39. The molecule has 1 saturated heterocycles. The Hall–Kier alpha value is -1.07. The smallest absolute Gasteiger partial charge is 0.224 e. The minimum Gasteiger partial charge on any atom is -0.323 e. The molecule has 1 fully saturated rings. The maximum Gasteiger partial charge on any atom is 0.224 e. The number of aryl methyl sites for hydroxylation is 2. The van der Waals surface area contributed by atoms with Crippen LogP contribution in [0.15, 0.2) is 6.20 Å². The summed E-state index contributed by atoms with van der Waals surface area (Å²) in [6, 6.07) is 0. The number of nitrogens with one attached hydrogen (secondary N) is 2. The molecular formula is C15H27ClN4O. The van der Waals surface area contributed by atoms with Crippen LogP contribution in [0.2, 0.25) is 0 Å². The van der Waals surface area contributed by atoms with Crippen molar-refractivity contribution in [2.75, 3.05) is 18.4 Å². The van der Waals surface area contributed by atoms with E-state index in [4.69, 9.17) is 0 Å². The number of hydrogen-bond donors (Lipinski definition) is 2. The van der Waals surface area contributed by atoms with Crippen LogP contribution in [0.3, 0.4) is 0 Å². The van der Waals surface area contributed by atoms with Gasteiger partial charge in [0.25, 0.3) is 0 Å². The van der Waals surface area contributed by atoms with E-state index < -0.39 is 0 Å². The van der Waals surface area contributed by atoms with Crippen molar-refractivity contribution in [3.05, 3.63) is 11.9 Å². The fraction of sp³-hybridized carbons (Fsp3) is 0.733. The summed E-state index contributed by atoms with van der Waals surface area (Å²) in [5, 5.41) is 10.8. The van der Waals surface area contributed by atoms with Gasteiger partial charge in [0.15, 0.2) is 0 Å². The largest absolute Gasteiger partial charge is 0.323 e. The molecule has 2 atom stereocenters. The Morgan fingerprint density at radius 2 is 2.38 bits per heavy atom. The molecule has 1 aromatic heterocycles. The molecule has 1 aliphatic rings. The first-order chi connectivity index (χ1) is 9.60. The lowest BCUT2D eigenvalue weighted by molar-refractivity contribution is -0.117. The summed E-state index contributed by atoms with van der Waals surface area (Å²) in [5.41, 5.74) is 1.81. The molecule has 2 unspecified atom stereocenters. The van der Waals surface area contributed by atoms with E-state index in [2.05, 4.69) is 22.7 Å². The van der Waals surface area contributed by atoms with E-state index in [9.17, 15) is 4.79 Å². The van der Waals surface area contributed by atoms with Crippen molar-refractivity contribution in [3.63, 3.8) is 0 Å². The first-order valence-electron chi connectivity index (χ1n) is 7.63. The highest BCUT2D eigenvalue weighted by molar-refractivity contribution is 5.91. The van der Waals surface area contributed by atoms with Gasteiger partial charge in [-0.05, 0) is 44.2 Å². The average Bonchev–Trinajstić information content (AvgIpc) is 2.79. The number of carbonyl (C=O) groups is 1. The molecule has 1 aromatic rings. The van der Waals surface area contributed by atoms with Crippen LogP contribution in [-0.2, 0) is 18.3 Å². The van der Waals surface area contributed by atoms with Gasteiger partial charge in [0.2, 0.25) is 5.91 Å². The summed E-state index contributed by atoms with van der Waals surface area (Å²) in [6.07, 6.45) is 5.75. The first kappa shape index (κ1) is 18.0. The number of halogens is 1. The van der Waals surface area contributed by atoms with Crippen molar-refractivity contribution in [2.45, 2.75) is 39.5 Å². The van der Waals surface area contributed by atoms with Gasteiger partial charge < -0.3 is 10.6 Å². The second-order valence-corrected chi connectivity index (χ2v) is 5.85. The normalized spacial score (nSPS) is 19.7. The molecule has 6 heteroatoms. The highest BCUT2D eigenvalue weighted by Crippen LogP contribution is 2.23. The molecule has 2 N–H and O–H groups in total. The van der Waals surface area contributed by atoms with Gasteiger partial charge >= 0.3 is 0 Å². The van der Waals surface area contributed by atoms with E-state index >= 15 is 0 Å². The quantitative estimate of drug-likeness (QED) is 0.877. The maximum absolute atomic E-state index is 12.2. The molecule has 21 heavy (non-hydrogen) atoms. The van der Waals surface area contributed by atoms with Gasteiger partial charge in [0, 0.05) is 19.7 Å². The number of aromatic nitrogens is 2. The predicted molar refractivity (Wildman–Crippen MR) is 87.8 cm³/mol. The molecular weight excluding hydrogens is 288 g/mol. The van der Waals surface area contributed by atoms with E-state index in [0.29, 0.717) is 18.3 Å². The molecule has 1 aliphatic heterocycles. The lowest BCUT2D eigenvalue weighted by Crippen LogP contribution is -2.34. The van der Waals surface area contributed by atoms with Crippen molar-refractivity contribution in [1.82, 2.24) is 15.1 Å². The fourth-order valence-electron chi connectivity index (χ4n) is 2.92. The van der Waals surface area contributed by atoms with Crippen LogP contribution in [0.5, 0.6) is 0 Å². The summed E-state index contributed by atoms with van der Waals surface area (Å²) < 4.78 is 1.75. The minimum atomic E-state index is 0. The zero-order valence-corrected chi connectivity index (χ0v) is 14.0. The number of hydrogen-bond acceptors (Lipinski definition) is 3. The lowest BCUT2D eigenvalue weighted by atomic mass is 9.85. The third-order valence-electron chi connectivity index (χ3n) is 4.16. The molecule has 120 valence electrons. The topological polar surface area (TPSA) is 59.0 Å². The maximum atomic E-state index is 12.2. The van der Waals surface area contributed by atoms with Gasteiger partial charge in [0.1, 0.15) is 0 Å². The third-order valence-corrected chi connectivity index (χ3v) is 4.16. The van der Waals surface area contributed by atoms with Crippen molar-refractivity contribution >= 4 is 24.0 Å². The van der Waals surface area contributed by atoms with Crippen molar-refractivity contribution in [3.8, 4) is 0 Å². The molecule has 0 aromatic carbocycles. The van der Waals surface area contributed by atoms with Gasteiger partial charge in [0.05, 0.1) is 11.4 Å². The van der Waals surface area contributed by atoms with E-state index in [0.717, 1.165) is 30.9 Å². The van der Waals surface area contributed by atoms with Gasteiger partial charge in [-0.3, -0.25) is 9.48 Å². The first-order valence-corrected chi connectivity index (χ1v) is 7.63. The van der Waals surface area contributed by atoms with Crippen LogP contribution >= 0.6 is 12.4 Å². The monoisotopic (exact) mass is 314 g/mol. The summed E-state index contributed by atoms with van der Waals surface area (Å²) in [7, 11) is 1.88. The molecule has 0 bridgehead atoms. The highest BCUT2D eigenvalue weighted by atomic mass is 35.5. The Kier molecular flexibility index (Phi) is 7.18. The molecule has 0 saturated carbocycles. The molecule has 5 nitrogen and oxygen atoms in total. The zero-order chi connectivity index (χ0) is 14.5. The molecule has 0 aliphatic carbocycles. The number of piperidine rings is 1. The van der Waals surface area contributed by atoms with Crippen LogP contribution in [0.4, 0.5) is 5.69 Å².